The molecule has 2 rings (SSSR count). The Morgan fingerprint density at radius 2 is 2.29 bits per heavy atom. The Kier molecular flexibility index (Phi) is 2.40. The van der Waals surface area contributed by atoms with Crippen molar-refractivity contribution in [3.63, 3.8) is 0 Å². The molecular formula is C11H11N3. The summed E-state index contributed by atoms with van der Waals surface area (Å²) in [5.74, 6) is 0. The topological polar surface area (TPSA) is 41.6 Å². The van der Waals surface area contributed by atoms with Crippen LogP contribution in [0, 0.1) is 0 Å². The Labute approximate surface area is 82.5 Å². The Bertz CT molecular complexity index is 418. The second-order valence-electron chi connectivity index (χ2n) is 3.00. The van der Waals surface area contributed by atoms with E-state index in [9.17, 15) is 0 Å². The molecule has 0 aromatic carbocycles. The van der Waals surface area contributed by atoms with Crippen LogP contribution in [0.5, 0.6) is 0 Å². The number of pyridine rings is 1. The van der Waals surface area contributed by atoms with Crippen LogP contribution in [-0.2, 0) is 6.42 Å². The highest BCUT2D eigenvalue weighted by atomic mass is 15.1. The molecule has 2 heterocycles. The fourth-order valence-electron chi connectivity index (χ4n) is 1.41. The number of nitrogens with one attached hydrogen (secondary N) is 1. The summed E-state index contributed by atoms with van der Waals surface area (Å²) in [6, 6.07) is 3.92. The first-order chi connectivity index (χ1) is 6.92. The number of hydrogen-bond acceptors (Lipinski definition) is 2. The third-order valence-electron chi connectivity index (χ3n) is 2.06. The molecule has 0 radical (unpaired) electrons. The van der Waals surface area contributed by atoms with E-state index in [4.69, 9.17) is 0 Å². The number of hydrogen-bond donors (Lipinski definition) is 1. The molecule has 0 saturated carbocycles. The van der Waals surface area contributed by atoms with Crippen molar-refractivity contribution >= 4 is 0 Å². The Hall–Kier alpha value is -1.90. The maximum absolute atomic E-state index is 4.09. The van der Waals surface area contributed by atoms with E-state index in [0.717, 1.165) is 23.2 Å². The van der Waals surface area contributed by atoms with E-state index in [1.54, 1.807) is 12.4 Å². The maximum Gasteiger partial charge on any atom is 0.0654 e. The van der Waals surface area contributed by atoms with Crippen molar-refractivity contribution in [3.8, 4) is 11.3 Å². The first-order valence-electron chi connectivity index (χ1n) is 4.45. The first kappa shape index (κ1) is 8.69. The molecule has 70 valence electrons. The van der Waals surface area contributed by atoms with Gasteiger partial charge in [-0.2, -0.15) is 5.10 Å². The van der Waals surface area contributed by atoms with Crippen molar-refractivity contribution in [1.29, 1.82) is 0 Å². The average Bonchev–Trinajstić information content (AvgIpc) is 2.72. The van der Waals surface area contributed by atoms with Crippen LogP contribution in [0.25, 0.3) is 11.3 Å². The van der Waals surface area contributed by atoms with Crippen molar-refractivity contribution in [2.45, 2.75) is 6.42 Å². The van der Waals surface area contributed by atoms with E-state index in [2.05, 4.69) is 21.8 Å². The van der Waals surface area contributed by atoms with E-state index >= 15 is 0 Å². The second kappa shape index (κ2) is 3.87. The highest BCUT2D eigenvalue weighted by Crippen LogP contribution is 2.20. The molecule has 0 atom stereocenters. The van der Waals surface area contributed by atoms with Gasteiger partial charge in [-0.15, -0.1) is 6.58 Å². The van der Waals surface area contributed by atoms with E-state index < -0.39 is 0 Å². The third kappa shape index (κ3) is 1.57. The van der Waals surface area contributed by atoms with Crippen molar-refractivity contribution in [2.24, 2.45) is 0 Å². The minimum absolute atomic E-state index is 0.822. The van der Waals surface area contributed by atoms with Crippen LogP contribution in [0.15, 0.2) is 43.4 Å². The molecule has 2 aromatic heterocycles. The van der Waals surface area contributed by atoms with Gasteiger partial charge in [-0.05, 0) is 24.1 Å². The molecule has 1 N–H and O–H groups in total. The number of aromatic nitrogens is 3. The lowest BCUT2D eigenvalue weighted by molar-refractivity contribution is 1.09. The molecular weight excluding hydrogens is 174 g/mol. The summed E-state index contributed by atoms with van der Waals surface area (Å²) in [6.07, 6.45) is 8.08. The van der Waals surface area contributed by atoms with Gasteiger partial charge in [0.2, 0.25) is 0 Å². The first-order valence-corrected chi connectivity index (χ1v) is 4.45. The van der Waals surface area contributed by atoms with Gasteiger partial charge < -0.3 is 0 Å². The standard InChI is InChI=1S/C11H11N3/c1-2-3-9-8-12-6-4-10(9)11-5-7-13-14-11/h2,4-8H,1,3H2,(H,13,14). The van der Waals surface area contributed by atoms with Gasteiger partial charge in [0.15, 0.2) is 0 Å². The Morgan fingerprint density at radius 1 is 1.36 bits per heavy atom. The predicted octanol–water partition coefficient (Wildman–Crippen LogP) is 2.20. The lowest BCUT2D eigenvalue weighted by atomic mass is 10.1. The van der Waals surface area contributed by atoms with Gasteiger partial charge in [-0.1, -0.05) is 6.08 Å². The SMILES string of the molecule is C=CCc1cnccc1-c1ccn[nH]1. The zero-order valence-corrected chi connectivity index (χ0v) is 7.77. The van der Waals surface area contributed by atoms with Crippen LogP contribution in [0.1, 0.15) is 5.56 Å². The summed E-state index contributed by atoms with van der Waals surface area (Å²) in [4.78, 5) is 4.09. The molecule has 0 aliphatic rings. The van der Waals surface area contributed by atoms with Crippen LogP contribution in [0.4, 0.5) is 0 Å². The quantitative estimate of drug-likeness (QED) is 0.745. The molecule has 0 saturated heterocycles. The largest absolute Gasteiger partial charge is 0.278 e. The lowest BCUT2D eigenvalue weighted by Gasteiger charge is -2.03. The normalized spacial score (nSPS) is 10.0. The number of aromatic amines is 1. The van der Waals surface area contributed by atoms with Crippen LogP contribution in [-0.4, -0.2) is 15.2 Å². The minimum Gasteiger partial charge on any atom is -0.278 e. The molecule has 0 fully saturated rings. The number of allylic oxidation sites excluding steroid dienone is 1. The maximum atomic E-state index is 4.09. The average molecular weight is 185 g/mol. The van der Waals surface area contributed by atoms with Gasteiger partial charge >= 0.3 is 0 Å². The van der Waals surface area contributed by atoms with E-state index in [-0.39, 0.29) is 0 Å². The number of H-pyrrole nitrogens is 1. The van der Waals surface area contributed by atoms with Crippen molar-refractivity contribution in [1.82, 2.24) is 15.2 Å². The lowest BCUT2D eigenvalue weighted by Crippen LogP contribution is -1.89. The molecule has 2 aromatic rings. The van der Waals surface area contributed by atoms with Gasteiger partial charge in [-0.25, -0.2) is 0 Å². The molecule has 0 amide bonds. The van der Waals surface area contributed by atoms with Gasteiger partial charge in [0.25, 0.3) is 0 Å². The molecule has 3 heteroatoms. The molecule has 3 nitrogen and oxygen atoms in total. The molecule has 0 bridgehead atoms. The third-order valence-corrected chi connectivity index (χ3v) is 2.06. The fraction of sp³-hybridized carbons (Fsp3) is 0.0909. The molecule has 0 aliphatic heterocycles. The van der Waals surface area contributed by atoms with Crippen molar-refractivity contribution in [2.75, 3.05) is 0 Å². The highest BCUT2D eigenvalue weighted by Gasteiger charge is 2.03. The zero-order chi connectivity index (χ0) is 9.80. The Balaban J connectivity index is 2.46. The Morgan fingerprint density at radius 3 is 3.00 bits per heavy atom. The second-order valence-corrected chi connectivity index (χ2v) is 3.00. The molecule has 0 aliphatic carbocycles. The van der Waals surface area contributed by atoms with Crippen molar-refractivity contribution < 1.29 is 0 Å². The van der Waals surface area contributed by atoms with Crippen LogP contribution in [0.3, 0.4) is 0 Å². The summed E-state index contributed by atoms with van der Waals surface area (Å²) in [7, 11) is 0. The summed E-state index contributed by atoms with van der Waals surface area (Å²) in [5.41, 5.74) is 3.31. The summed E-state index contributed by atoms with van der Waals surface area (Å²) in [6.45, 7) is 3.72. The van der Waals surface area contributed by atoms with Gasteiger partial charge in [-0.3, -0.25) is 10.1 Å². The van der Waals surface area contributed by atoms with E-state index in [1.165, 1.54) is 0 Å². The van der Waals surface area contributed by atoms with Gasteiger partial charge in [0.1, 0.15) is 0 Å². The van der Waals surface area contributed by atoms with Crippen LogP contribution in [0.2, 0.25) is 0 Å². The van der Waals surface area contributed by atoms with Crippen LogP contribution < -0.4 is 0 Å². The summed E-state index contributed by atoms with van der Waals surface area (Å²) < 4.78 is 0. The zero-order valence-electron chi connectivity index (χ0n) is 7.77. The van der Waals surface area contributed by atoms with Gasteiger partial charge in [0, 0.05) is 24.2 Å². The van der Waals surface area contributed by atoms with Crippen molar-refractivity contribution in [3.05, 3.63) is 48.9 Å². The number of nitrogens with zero attached hydrogens (tertiary/aromatic N) is 2. The molecule has 0 spiro atoms. The summed E-state index contributed by atoms with van der Waals surface area (Å²) >= 11 is 0. The summed E-state index contributed by atoms with van der Waals surface area (Å²) in [5, 5.41) is 6.87. The van der Waals surface area contributed by atoms with E-state index in [0.29, 0.717) is 0 Å². The fourth-order valence-corrected chi connectivity index (χ4v) is 1.41. The molecule has 14 heavy (non-hydrogen) atoms. The minimum atomic E-state index is 0.822. The highest BCUT2D eigenvalue weighted by molar-refractivity contribution is 5.62. The number of rotatable bonds is 3. The van der Waals surface area contributed by atoms with Gasteiger partial charge in [0.05, 0.1) is 5.69 Å². The van der Waals surface area contributed by atoms with Crippen LogP contribution >= 0.6 is 0 Å². The predicted molar refractivity (Wildman–Crippen MR) is 55.7 cm³/mol. The van der Waals surface area contributed by atoms with E-state index in [1.807, 2.05) is 24.4 Å². The monoisotopic (exact) mass is 185 g/mol. The smallest absolute Gasteiger partial charge is 0.0654 e. The molecule has 0 unspecified atom stereocenters.